The van der Waals surface area contributed by atoms with Crippen LogP contribution >= 0.6 is 0 Å². The Labute approximate surface area is 131 Å². The van der Waals surface area contributed by atoms with Crippen LogP contribution in [0.4, 0.5) is 0 Å². The summed E-state index contributed by atoms with van der Waals surface area (Å²) in [5.74, 6) is 0.903. The molecule has 5 nitrogen and oxygen atoms in total. The number of ether oxygens (including phenoxy) is 1. The number of aliphatic hydroxyl groups is 1. The van der Waals surface area contributed by atoms with Crippen LogP contribution in [0.25, 0.3) is 0 Å². The van der Waals surface area contributed by atoms with E-state index in [0.29, 0.717) is 12.5 Å². The Hall–Kier alpha value is -1.59. The Bertz CT molecular complexity index is 517. The van der Waals surface area contributed by atoms with Crippen LogP contribution in [0.1, 0.15) is 18.4 Å². The summed E-state index contributed by atoms with van der Waals surface area (Å²) >= 11 is 0. The van der Waals surface area contributed by atoms with E-state index in [0.717, 1.165) is 37.4 Å². The topological polar surface area (TPSA) is 53.0 Å². The maximum Gasteiger partial charge on any atom is 0.227 e. The molecule has 1 aromatic carbocycles. The van der Waals surface area contributed by atoms with Gasteiger partial charge < -0.3 is 14.7 Å². The van der Waals surface area contributed by atoms with E-state index in [9.17, 15) is 9.90 Å². The molecule has 120 valence electrons. The molecule has 2 aliphatic heterocycles. The maximum atomic E-state index is 12.6. The number of nitrogens with zero attached hydrogens (tertiary/aromatic N) is 2. The van der Waals surface area contributed by atoms with Gasteiger partial charge in [0.2, 0.25) is 5.91 Å². The van der Waals surface area contributed by atoms with Crippen molar-refractivity contribution >= 4 is 5.91 Å². The van der Waals surface area contributed by atoms with Crippen LogP contribution in [0, 0.1) is 0 Å². The van der Waals surface area contributed by atoms with Crippen molar-refractivity contribution < 1.29 is 14.6 Å². The number of methoxy groups -OCH3 is 1. The predicted molar refractivity (Wildman–Crippen MR) is 83.9 cm³/mol. The Balaban J connectivity index is 1.66. The molecular formula is C17H24N2O3. The monoisotopic (exact) mass is 304 g/mol. The van der Waals surface area contributed by atoms with E-state index in [1.165, 1.54) is 6.42 Å². The van der Waals surface area contributed by atoms with Gasteiger partial charge in [-0.05, 0) is 37.1 Å². The molecule has 2 fully saturated rings. The Morgan fingerprint density at radius 1 is 1.32 bits per heavy atom. The number of carbonyl (C=O) groups is 1. The summed E-state index contributed by atoms with van der Waals surface area (Å²) in [5.41, 5.74) is 0.983. The van der Waals surface area contributed by atoms with Gasteiger partial charge in [0.1, 0.15) is 5.75 Å². The Kier molecular flexibility index (Phi) is 4.64. The van der Waals surface area contributed by atoms with Crippen molar-refractivity contribution in [1.82, 2.24) is 9.80 Å². The highest BCUT2D eigenvalue weighted by Crippen LogP contribution is 2.25. The van der Waals surface area contributed by atoms with Crippen LogP contribution in [0.3, 0.4) is 0 Å². The molecule has 0 saturated carbocycles. The van der Waals surface area contributed by atoms with Crippen LogP contribution in [-0.2, 0) is 11.2 Å². The lowest BCUT2D eigenvalue weighted by atomic mass is 10.0. The van der Waals surface area contributed by atoms with Gasteiger partial charge in [-0.1, -0.05) is 12.1 Å². The second-order valence-electron chi connectivity index (χ2n) is 6.20. The maximum absolute atomic E-state index is 12.6. The molecular weight excluding hydrogens is 280 g/mol. The lowest BCUT2D eigenvalue weighted by molar-refractivity contribution is -0.137. The zero-order valence-corrected chi connectivity index (χ0v) is 13.1. The average Bonchev–Trinajstić information content (AvgIpc) is 3.01. The lowest BCUT2D eigenvalue weighted by Crippen LogP contribution is -2.59. The van der Waals surface area contributed by atoms with Gasteiger partial charge in [0.05, 0.1) is 26.2 Å². The van der Waals surface area contributed by atoms with E-state index >= 15 is 0 Å². The molecule has 0 spiro atoms. The predicted octanol–water partition coefficient (Wildman–Crippen LogP) is 0.905. The molecule has 0 unspecified atom stereocenters. The molecule has 2 saturated heterocycles. The first-order valence-corrected chi connectivity index (χ1v) is 7.98. The Morgan fingerprint density at radius 3 is 2.77 bits per heavy atom. The third-order valence-electron chi connectivity index (χ3n) is 4.84. The SMILES string of the molecule is COc1ccc(CC(=O)N2C[C@@H]3CCCN3C[C@@H]2CO)cc1. The molecule has 3 rings (SSSR count). The van der Waals surface area contributed by atoms with E-state index in [1.54, 1.807) is 7.11 Å². The van der Waals surface area contributed by atoms with Gasteiger partial charge in [0.15, 0.2) is 0 Å². The van der Waals surface area contributed by atoms with Crippen molar-refractivity contribution in [3.05, 3.63) is 29.8 Å². The molecule has 5 heteroatoms. The van der Waals surface area contributed by atoms with E-state index in [2.05, 4.69) is 4.90 Å². The number of aliphatic hydroxyl groups excluding tert-OH is 1. The van der Waals surface area contributed by atoms with Crippen molar-refractivity contribution in [3.8, 4) is 5.75 Å². The van der Waals surface area contributed by atoms with E-state index < -0.39 is 0 Å². The minimum atomic E-state index is -0.0694. The van der Waals surface area contributed by atoms with Crippen LogP contribution in [0.15, 0.2) is 24.3 Å². The molecule has 0 radical (unpaired) electrons. The molecule has 2 heterocycles. The minimum absolute atomic E-state index is 0.0393. The molecule has 2 aliphatic rings. The van der Waals surface area contributed by atoms with Gasteiger partial charge in [0.25, 0.3) is 0 Å². The minimum Gasteiger partial charge on any atom is -0.497 e. The fraction of sp³-hybridized carbons (Fsp3) is 0.588. The van der Waals surface area contributed by atoms with Gasteiger partial charge in [-0.25, -0.2) is 0 Å². The van der Waals surface area contributed by atoms with Gasteiger partial charge in [0, 0.05) is 19.1 Å². The van der Waals surface area contributed by atoms with Crippen molar-refractivity contribution in [1.29, 1.82) is 0 Å². The normalized spacial score (nSPS) is 25.1. The van der Waals surface area contributed by atoms with Crippen molar-refractivity contribution in [2.24, 2.45) is 0 Å². The van der Waals surface area contributed by atoms with Crippen LogP contribution in [-0.4, -0.2) is 66.2 Å². The van der Waals surface area contributed by atoms with E-state index in [1.807, 2.05) is 29.2 Å². The molecule has 0 aromatic heterocycles. The summed E-state index contributed by atoms with van der Waals surface area (Å²) in [6, 6.07) is 8.01. The van der Waals surface area contributed by atoms with E-state index in [4.69, 9.17) is 4.74 Å². The van der Waals surface area contributed by atoms with E-state index in [-0.39, 0.29) is 18.6 Å². The molecule has 22 heavy (non-hydrogen) atoms. The zero-order valence-electron chi connectivity index (χ0n) is 13.1. The first-order valence-electron chi connectivity index (χ1n) is 7.98. The number of benzene rings is 1. The third-order valence-corrected chi connectivity index (χ3v) is 4.84. The lowest BCUT2D eigenvalue weighted by Gasteiger charge is -2.43. The smallest absolute Gasteiger partial charge is 0.227 e. The highest BCUT2D eigenvalue weighted by Gasteiger charge is 2.37. The first kappa shape index (κ1) is 15.3. The number of amides is 1. The fourth-order valence-corrected chi connectivity index (χ4v) is 3.57. The molecule has 2 atom stereocenters. The number of carbonyl (C=O) groups excluding carboxylic acids is 1. The Morgan fingerprint density at radius 2 is 2.09 bits per heavy atom. The van der Waals surface area contributed by atoms with Gasteiger partial charge in [-0.15, -0.1) is 0 Å². The van der Waals surface area contributed by atoms with Crippen LogP contribution in [0.5, 0.6) is 5.75 Å². The molecule has 0 bridgehead atoms. The van der Waals surface area contributed by atoms with Crippen LogP contribution in [0.2, 0.25) is 0 Å². The molecule has 1 aromatic rings. The average molecular weight is 304 g/mol. The number of piperazine rings is 1. The van der Waals surface area contributed by atoms with Crippen LogP contribution < -0.4 is 4.74 Å². The summed E-state index contributed by atoms with van der Waals surface area (Å²) in [6.07, 6.45) is 2.74. The fourth-order valence-electron chi connectivity index (χ4n) is 3.57. The van der Waals surface area contributed by atoms with Crippen molar-refractivity contribution in [2.45, 2.75) is 31.3 Å². The highest BCUT2D eigenvalue weighted by molar-refractivity contribution is 5.79. The van der Waals surface area contributed by atoms with Gasteiger partial charge in [-0.2, -0.15) is 0 Å². The van der Waals surface area contributed by atoms with Gasteiger partial charge in [-0.3, -0.25) is 9.69 Å². The van der Waals surface area contributed by atoms with Crippen molar-refractivity contribution in [3.63, 3.8) is 0 Å². The first-order chi connectivity index (χ1) is 10.7. The standard InChI is InChI=1S/C17H24N2O3/c1-22-16-6-4-13(5-7-16)9-17(21)19-11-14-3-2-8-18(14)10-15(19)12-20/h4-7,14-15,20H,2-3,8-12H2,1H3/t14-,15+/m0/s1. The summed E-state index contributed by atoms with van der Waals surface area (Å²) in [7, 11) is 1.63. The number of fused-ring (bicyclic) bond motifs is 1. The quantitative estimate of drug-likeness (QED) is 0.898. The second-order valence-corrected chi connectivity index (χ2v) is 6.20. The summed E-state index contributed by atoms with van der Waals surface area (Å²) in [6.45, 7) is 2.69. The highest BCUT2D eigenvalue weighted by atomic mass is 16.5. The third kappa shape index (κ3) is 3.10. The summed E-state index contributed by atoms with van der Waals surface area (Å²) in [5, 5.41) is 9.63. The number of hydrogen-bond donors (Lipinski definition) is 1. The van der Waals surface area contributed by atoms with Crippen molar-refractivity contribution in [2.75, 3.05) is 33.4 Å². The zero-order chi connectivity index (χ0) is 15.5. The number of hydrogen-bond acceptors (Lipinski definition) is 4. The summed E-state index contributed by atoms with van der Waals surface area (Å²) in [4.78, 5) is 16.9. The second kappa shape index (κ2) is 6.67. The molecule has 0 aliphatic carbocycles. The largest absolute Gasteiger partial charge is 0.497 e. The molecule has 1 N–H and O–H groups in total. The number of rotatable bonds is 4. The van der Waals surface area contributed by atoms with Gasteiger partial charge >= 0.3 is 0 Å². The summed E-state index contributed by atoms with van der Waals surface area (Å²) < 4.78 is 5.14. The molecule has 1 amide bonds.